The maximum absolute atomic E-state index is 12.9. The van der Waals surface area contributed by atoms with Crippen molar-refractivity contribution in [1.29, 1.82) is 0 Å². The second-order valence-electron chi connectivity index (χ2n) is 6.85. The Morgan fingerprint density at radius 2 is 2.00 bits per heavy atom. The number of imidazole rings is 2. The molecule has 1 aliphatic rings. The van der Waals surface area contributed by atoms with Crippen LogP contribution in [0.2, 0.25) is 0 Å². The normalized spacial score (nSPS) is 18.6. The second-order valence-corrected chi connectivity index (χ2v) is 8.73. The molecule has 4 heterocycles. The highest BCUT2D eigenvalue weighted by Gasteiger charge is 2.33. The number of pyridine rings is 1. The van der Waals surface area contributed by atoms with Crippen LogP contribution in [0.4, 0.5) is 0 Å². The van der Waals surface area contributed by atoms with Crippen LogP contribution in [0.15, 0.2) is 54.5 Å². The Kier molecular flexibility index (Phi) is 4.79. The lowest BCUT2D eigenvalue weighted by atomic mass is 9.98. The maximum Gasteiger partial charge on any atom is 0.262 e. The van der Waals surface area contributed by atoms with Crippen LogP contribution in [-0.2, 0) is 23.6 Å². The molecule has 0 saturated carbocycles. The van der Waals surface area contributed by atoms with Crippen LogP contribution in [0.3, 0.4) is 0 Å². The summed E-state index contributed by atoms with van der Waals surface area (Å²) in [5.74, 6) is 0.988. The Morgan fingerprint density at radius 1 is 1.19 bits per heavy atom. The van der Waals surface area contributed by atoms with E-state index in [1.807, 2.05) is 18.3 Å². The molecule has 1 atom stereocenters. The first-order valence-electron chi connectivity index (χ1n) is 8.92. The summed E-state index contributed by atoms with van der Waals surface area (Å²) in [6.45, 7) is 1.63. The summed E-state index contributed by atoms with van der Waals surface area (Å²) in [6.07, 6.45) is 12.0. The van der Waals surface area contributed by atoms with Gasteiger partial charge in [-0.25, -0.2) is 18.4 Å². The molecule has 0 amide bonds. The molecule has 9 heteroatoms. The van der Waals surface area contributed by atoms with Crippen LogP contribution in [-0.4, -0.2) is 49.9 Å². The highest BCUT2D eigenvalue weighted by molar-refractivity contribution is 7.89. The van der Waals surface area contributed by atoms with Crippen molar-refractivity contribution < 1.29 is 8.42 Å². The van der Waals surface area contributed by atoms with E-state index in [4.69, 9.17) is 0 Å². The van der Waals surface area contributed by atoms with Gasteiger partial charge in [-0.15, -0.1) is 0 Å². The fourth-order valence-corrected chi connectivity index (χ4v) is 5.02. The Labute approximate surface area is 158 Å². The van der Waals surface area contributed by atoms with Crippen LogP contribution in [0, 0.1) is 0 Å². The first kappa shape index (κ1) is 17.9. The van der Waals surface area contributed by atoms with Crippen LogP contribution in [0.1, 0.15) is 30.1 Å². The summed E-state index contributed by atoms with van der Waals surface area (Å²) in [4.78, 5) is 12.6. The molecule has 3 aromatic heterocycles. The van der Waals surface area contributed by atoms with Gasteiger partial charge in [0.1, 0.15) is 5.82 Å². The van der Waals surface area contributed by atoms with E-state index in [0.29, 0.717) is 19.6 Å². The van der Waals surface area contributed by atoms with Crippen molar-refractivity contribution >= 4 is 10.0 Å². The standard InChI is InChI=1S/C18H22N6O2S/c1-22-13-17(21-14-22)27(25,26)24-9-2-3-16(12-24)18-20-8-10-23(18)11-15-4-6-19-7-5-15/h4-8,10,13-14,16H,2-3,9,11-12H2,1H3/t16-/m0/s1. The van der Waals surface area contributed by atoms with E-state index in [2.05, 4.69) is 19.5 Å². The lowest BCUT2D eigenvalue weighted by Gasteiger charge is -2.31. The van der Waals surface area contributed by atoms with Crippen LogP contribution < -0.4 is 0 Å². The van der Waals surface area contributed by atoms with E-state index in [1.165, 1.54) is 10.6 Å². The van der Waals surface area contributed by atoms with Gasteiger partial charge in [-0.3, -0.25) is 4.98 Å². The zero-order chi connectivity index (χ0) is 18.9. The molecule has 1 aliphatic heterocycles. The Balaban J connectivity index is 1.55. The molecule has 27 heavy (non-hydrogen) atoms. The van der Waals surface area contributed by atoms with Gasteiger partial charge in [-0.2, -0.15) is 4.31 Å². The third kappa shape index (κ3) is 3.65. The minimum absolute atomic E-state index is 0.0640. The van der Waals surface area contributed by atoms with Crippen molar-refractivity contribution in [2.75, 3.05) is 13.1 Å². The maximum atomic E-state index is 12.9. The SMILES string of the molecule is Cn1cnc(S(=O)(=O)N2CCC[C@H](c3nccn3Cc3ccncc3)C2)c1. The molecule has 0 aromatic carbocycles. The summed E-state index contributed by atoms with van der Waals surface area (Å²) >= 11 is 0. The van der Waals surface area contributed by atoms with Crippen molar-refractivity contribution in [3.8, 4) is 0 Å². The number of aromatic nitrogens is 5. The molecular weight excluding hydrogens is 364 g/mol. The van der Waals surface area contributed by atoms with E-state index in [1.54, 1.807) is 36.4 Å². The Bertz CT molecular complexity index is 1010. The minimum Gasteiger partial charge on any atom is -0.339 e. The van der Waals surface area contributed by atoms with E-state index >= 15 is 0 Å². The van der Waals surface area contributed by atoms with Gasteiger partial charge >= 0.3 is 0 Å². The van der Waals surface area contributed by atoms with Gasteiger partial charge in [0.15, 0.2) is 5.03 Å². The molecule has 142 valence electrons. The summed E-state index contributed by atoms with van der Waals surface area (Å²) < 4.78 is 31.1. The van der Waals surface area contributed by atoms with E-state index in [0.717, 1.165) is 24.2 Å². The van der Waals surface area contributed by atoms with Crippen molar-refractivity contribution in [3.63, 3.8) is 0 Å². The lowest BCUT2D eigenvalue weighted by molar-refractivity contribution is 0.304. The third-order valence-electron chi connectivity index (χ3n) is 4.88. The second kappa shape index (κ2) is 7.24. The molecule has 0 aliphatic carbocycles. The van der Waals surface area contributed by atoms with Crippen LogP contribution in [0.25, 0.3) is 0 Å². The smallest absolute Gasteiger partial charge is 0.262 e. The first-order chi connectivity index (χ1) is 13.0. The summed E-state index contributed by atoms with van der Waals surface area (Å²) in [5.41, 5.74) is 1.14. The number of hydrogen-bond acceptors (Lipinski definition) is 5. The molecule has 0 unspecified atom stereocenters. The van der Waals surface area contributed by atoms with Crippen molar-refractivity contribution in [1.82, 2.24) is 28.4 Å². The topological polar surface area (TPSA) is 85.9 Å². The molecule has 0 spiro atoms. The van der Waals surface area contributed by atoms with Gasteiger partial charge in [0.25, 0.3) is 10.0 Å². The number of hydrogen-bond donors (Lipinski definition) is 0. The average molecular weight is 386 g/mol. The molecule has 0 radical (unpaired) electrons. The van der Waals surface area contributed by atoms with Gasteiger partial charge in [0.2, 0.25) is 0 Å². The molecule has 8 nitrogen and oxygen atoms in total. The molecule has 1 fully saturated rings. The van der Waals surface area contributed by atoms with Gasteiger partial charge in [-0.1, -0.05) is 0 Å². The predicted molar refractivity (Wildman–Crippen MR) is 99.5 cm³/mol. The number of rotatable bonds is 5. The molecule has 0 bridgehead atoms. The Morgan fingerprint density at radius 3 is 2.74 bits per heavy atom. The molecular formula is C18H22N6O2S. The number of aryl methyl sites for hydroxylation is 1. The zero-order valence-electron chi connectivity index (χ0n) is 15.1. The van der Waals surface area contributed by atoms with Crippen molar-refractivity contribution in [3.05, 3.63) is 60.8 Å². The van der Waals surface area contributed by atoms with Crippen molar-refractivity contribution in [2.45, 2.75) is 30.3 Å². The zero-order valence-corrected chi connectivity index (χ0v) is 16.0. The van der Waals surface area contributed by atoms with E-state index in [9.17, 15) is 8.42 Å². The van der Waals surface area contributed by atoms with Crippen molar-refractivity contribution in [2.24, 2.45) is 7.05 Å². The number of nitrogens with zero attached hydrogens (tertiary/aromatic N) is 6. The van der Waals surface area contributed by atoms with Gasteiger partial charge in [0.05, 0.1) is 6.33 Å². The van der Waals surface area contributed by atoms with Gasteiger partial charge < -0.3 is 9.13 Å². The van der Waals surface area contributed by atoms with Gasteiger partial charge in [0, 0.05) is 63.6 Å². The molecule has 3 aromatic rings. The quantitative estimate of drug-likeness (QED) is 0.665. The Hall–Kier alpha value is -2.52. The third-order valence-corrected chi connectivity index (χ3v) is 6.64. The molecule has 0 N–H and O–H groups in total. The molecule has 1 saturated heterocycles. The summed E-state index contributed by atoms with van der Waals surface area (Å²) in [7, 11) is -1.82. The molecule has 4 rings (SSSR count). The first-order valence-corrected chi connectivity index (χ1v) is 10.4. The summed E-state index contributed by atoms with van der Waals surface area (Å²) in [5, 5.41) is 0.103. The predicted octanol–water partition coefficient (Wildman–Crippen LogP) is 1.63. The highest BCUT2D eigenvalue weighted by atomic mass is 32.2. The van der Waals surface area contributed by atoms with Crippen LogP contribution >= 0.6 is 0 Å². The fraction of sp³-hybridized carbons (Fsp3) is 0.389. The highest BCUT2D eigenvalue weighted by Crippen LogP contribution is 2.29. The summed E-state index contributed by atoms with van der Waals surface area (Å²) in [6, 6.07) is 3.95. The monoisotopic (exact) mass is 386 g/mol. The fourth-order valence-electron chi connectivity index (χ4n) is 3.53. The van der Waals surface area contributed by atoms with E-state index in [-0.39, 0.29) is 10.9 Å². The average Bonchev–Trinajstić information content (AvgIpc) is 3.32. The number of piperidine rings is 1. The van der Waals surface area contributed by atoms with Crippen LogP contribution in [0.5, 0.6) is 0 Å². The lowest BCUT2D eigenvalue weighted by Crippen LogP contribution is -2.39. The largest absolute Gasteiger partial charge is 0.339 e. The van der Waals surface area contributed by atoms with E-state index < -0.39 is 10.0 Å². The van der Waals surface area contributed by atoms with Gasteiger partial charge in [-0.05, 0) is 30.5 Å². The number of sulfonamides is 1. The minimum atomic E-state index is -3.58.